The molecule has 25 heavy (non-hydrogen) atoms. The van der Waals surface area contributed by atoms with Crippen molar-refractivity contribution in [3.05, 3.63) is 48.2 Å². The Balaban J connectivity index is 1.88. The van der Waals surface area contributed by atoms with E-state index < -0.39 is 18.5 Å². The fourth-order valence-electron chi connectivity index (χ4n) is 2.00. The summed E-state index contributed by atoms with van der Waals surface area (Å²) in [7, 11) is 0. The predicted molar refractivity (Wildman–Crippen MR) is 91.9 cm³/mol. The lowest BCUT2D eigenvalue weighted by atomic mass is 10.3. The lowest BCUT2D eigenvalue weighted by Crippen LogP contribution is -2.21. The second kappa shape index (κ2) is 9.27. The van der Waals surface area contributed by atoms with Gasteiger partial charge in [-0.05, 0) is 50.2 Å². The molecule has 0 radical (unpaired) electrons. The van der Waals surface area contributed by atoms with E-state index in [2.05, 4.69) is 10.3 Å². The molecule has 1 heterocycles. The molecule has 1 aromatic heterocycles. The summed E-state index contributed by atoms with van der Waals surface area (Å²) in [5.41, 5.74) is 0.763. The highest BCUT2D eigenvalue weighted by atomic mass is 16.5. The summed E-state index contributed by atoms with van der Waals surface area (Å²) in [5, 5.41) is 2.64. The third-order valence-electron chi connectivity index (χ3n) is 3.06. The van der Waals surface area contributed by atoms with E-state index in [4.69, 9.17) is 14.2 Å². The summed E-state index contributed by atoms with van der Waals surface area (Å²) in [6, 6.07) is 10.0. The zero-order chi connectivity index (χ0) is 18.1. The summed E-state index contributed by atoms with van der Waals surface area (Å²) in [4.78, 5) is 28.0. The molecule has 0 fully saturated rings. The Kier molecular flexibility index (Phi) is 6.76. The van der Waals surface area contributed by atoms with Crippen LogP contribution in [0, 0.1) is 0 Å². The normalized spacial score (nSPS) is 10.0. The van der Waals surface area contributed by atoms with Crippen molar-refractivity contribution in [2.45, 2.75) is 13.8 Å². The van der Waals surface area contributed by atoms with Gasteiger partial charge >= 0.3 is 5.97 Å². The van der Waals surface area contributed by atoms with Gasteiger partial charge in [-0.25, -0.2) is 9.78 Å². The molecule has 1 amide bonds. The minimum atomic E-state index is -0.668. The maximum absolute atomic E-state index is 12.1. The molecule has 2 aromatic rings. The summed E-state index contributed by atoms with van der Waals surface area (Å²) in [6.45, 7) is 4.21. The molecule has 2 rings (SSSR count). The number of nitrogens with one attached hydrogen (secondary N) is 1. The van der Waals surface area contributed by atoms with Crippen molar-refractivity contribution in [3.63, 3.8) is 0 Å². The molecule has 0 atom stereocenters. The van der Waals surface area contributed by atoms with Gasteiger partial charge in [0, 0.05) is 11.9 Å². The number of carbonyl (C=O) groups is 2. The van der Waals surface area contributed by atoms with Gasteiger partial charge in [-0.3, -0.25) is 4.79 Å². The van der Waals surface area contributed by atoms with Crippen LogP contribution >= 0.6 is 0 Å². The van der Waals surface area contributed by atoms with Crippen LogP contribution < -0.4 is 14.8 Å². The van der Waals surface area contributed by atoms with E-state index >= 15 is 0 Å². The van der Waals surface area contributed by atoms with Crippen LogP contribution in [0.5, 0.6) is 11.6 Å². The highest BCUT2D eigenvalue weighted by molar-refractivity contribution is 5.96. The number of pyridine rings is 1. The fraction of sp³-hybridized carbons (Fsp3) is 0.278. The molecule has 0 unspecified atom stereocenters. The van der Waals surface area contributed by atoms with Crippen molar-refractivity contribution in [2.75, 3.05) is 25.1 Å². The van der Waals surface area contributed by atoms with Crippen LogP contribution in [0.15, 0.2) is 42.6 Å². The van der Waals surface area contributed by atoms with Crippen LogP contribution in [0.4, 0.5) is 5.69 Å². The molecule has 0 saturated heterocycles. The van der Waals surface area contributed by atoms with E-state index in [1.165, 1.54) is 12.3 Å². The number of aromatic nitrogens is 1. The Morgan fingerprint density at radius 2 is 1.76 bits per heavy atom. The summed E-state index contributed by atoms with van der Waals surface area (Å²) in [6.07, 6.45) is 1.51. The molecule has 1 aromatic carbocycles. The van der Waals surface area contributed by atoms with E-state index in [0.717, 1.165) is 0 Å². The smallest absolute Gasteiger partial charge is 0.344 e. The van der Waals surface area contributed by atoms with Gasteiger partial charge < -0.3 is 19.5 Å². The average Bonchev–Trinajstić information content (AvgIpc) is 2.62. The number of esters is 1. The Labute approximate surface area is 145 Å². The van der Waals surface area contributed by atoms with Crippen molar-refractivity contribution in [1.82, 2.24) is 4.98 Å². The molecule has 0 spiro atoms. The maximum atomic E-state index is 12.1. The Morgan fingerprint density at radius 3 is 2.44 bits per heavy atom. The molecule has 0 saturated carbocycles. The van der Waals surface area contributed by atoms with Gasteiger partial charge in [-0.15, -0.1) is 0 Å². The molecule has 7 heteroatoms. The van der Waals surface area contributed by atoms with Gasteiger partial charge in [-0.2, -0.15) is 0 Å². The minimum absolute atomic E-state index is 0.179. The zero-order valence-corrected chi connectivity index (χ0v) is 14.2. The van der Waals surface area contributed by atoms with Crippen molar-refractivity contribution >= 4 is 17.6 Å². The lowest BCUT2D eigenvalue weighted by Gasteiger charge is -2.09. The van der Waals surface area contributed by atoms with Gasteiger partial charge in [0.15, 0.2) is 6.61 Å². The van der Waals surface area contributed by atoms with Gasteiger partial charge in [-0.1, -0.05) is 0 Å². The summed E-state index contributed by atoms with van der Waals surface area (Å²) in [5.74, 6) is -0.216. The number of nitrogens with zero attached hydrogens (tertiary/aromatic N) is 1. The first-order chi connectivity index (χ1) is 12.1. The van der Waals surface area contributed by atoms with Gasteiger partial charge in [0.25, 0.3) is 5.91 Å². The van der Waals surface area contributed by atoms with Gasteiger partial charge in [0.1, 0.15) is 11.3 Å². The largest absolute Gasteiger partial charge is 0.494 e. The van der Waals surface area contributed by atoms with Crippen molar-refractivity contribution < 1.29 is 23.8 Å². The van der Waals surface area contributed by atoms with E-state index in [1.54, 1.807) is 37.3 Å². The van der Waals surface area contributed by atoms with Crippen molar-refractivity contribution in [3.8, 4) is 11.6 Å². The van der Waals surface area contributed by atoms with Gasteiger partial charge in [0.05, 0.1) is 13.2 Å². The first kappa shape index (κ1) is 18.3. The lowest BCUT2D eigenvalue weighted by molar-refractivity contribution is -0.119. The number of rotatable bonds is 8. The molecular formula is C18H20N2O5. The fourth-order valence-corrected chi connectivity index (χ4v) is 2.00. The van der Waals surface area contributed by atoms with Crippen molar-refractivity contribution in [2.24, 2.45) is 0 Å². The first-order valence-electron chi connectivity index (χ1n) is 7.91. The SMILES string of the molecule is CCOc1ccc(NC(=O)COC(=O)c2cccnc2OCC)cc1. The quantitative estimate of drug-likeness (QED) is 0.741. The highest BCUT2D eigenvalue weighted by Gasteiger charge is 2.16. The molecule has 0 bridgehead atoms. The van der Waals surface area contributed by atoms with Crippen molar-refractivity contribution in [1.29, 1.82) is 0 Å². The molecule has 0 aliphatic heterocycles. The average molecular weight is 344 g/mol. The van der Waals surface area contributed by atoms with Crippen LogP contribution in [0.25, 0.3) is 0 Å². The number of hydrogen-bond acceptors (Lipinski definition) is 6. The van der Waals surface area contributed by atoms with E-state index in [0.29, 0.717) is 24.7 Å². The van der Waals surface area contributed by atoms with Crippen LogP contribution in [-0.4, -0.2) is 36.7 Å². The Hall–Kier alpha value is -3.09. The van der Waals surface area contributed by atoms with E-state index in [1.807, 2.05) is 6.92 Å². The molecule has 1 N–H and O–H groups in total. The monoisotopic (exact) mass is 344 g/mol. The van der Waals surface area contributed by atoms with E-state index in [-0.39, 0.29) is 11.4 Å². The molecule has 0 aliphatic rings. The third kappa shape index (κ3) is 5.49. The van der Waals surface area contributed by atoms with Crippen LogP contribution in [-0.2, 0) is 9.53 Å². The number of ether oxygens (including phenoxy) is 3. The minimum Gasteiger partial charge on any atom is -0.494 e. The second-order valence-corrected chi connectivity index (χ2v) is 4.87. The second-order valence-electron chi connectivity index (χ2n) is 4.87. The van der Waals surface area contributed by atoms with Crippen LogP contribution in [0.1, 0.15) is 24.2 Å². The van der Waals surface area contributed by atoms with Crippen LogP contribution in [0.3, 0.4) is 0 Å². The summed E-state index contributed by atoms with van der Waals surface area (Å²) >= 11 is 0. The number of hydrogen-bond donors (Lipinski definition) is 1. The third-order valence-corrected chi connectivity index (χ3v) is 3.06. The van der Waals surface area contributed by atoms with E-state index in [9.17, 15) is 9.59 Å². The molecule has 132 valence electrons. The highest BCUT2D eigenvalue weighted by Crippen LogP contribution is 2.17. The Bertz CT molecular complexity index is 716. The molecule has 7 nitrogen and oxygen atoms in total. The standard InChI is InChI=1S/C18H20N2O5/c1-3-23-14-9-7-13(8-10-14)20-16(21)12-25-18(22)15-6-5-11-19-17(15)24-4-2/h5-11H,3-4,12H2,1-2H3,(H,20,21). The molecular weight excluding hydrogens is 324 g/mol. The summed E-state index contributed by atoms with van der Waals surface area (Å²) < 4.78 is 15.6. The predicted octanol–water partition coefficient (Wildman–Crippen LogP) is 2.67. The van der Waals surface area contributed by atoms with Gasteiger partial charge in [0.2, 0.25) is 5.88 Å². The topological polar surface area (TPSA) is 86.8 Å². The van der Waals surface area contributed by atoms with Crippen LogP contribution in [0.2, 0.25) is 0 Å². The Morgan fingerprint density at radius 1 is 1.04 bits per heavy atom. The molecule has 0 aliphatic carbocycles. The number of anilines is 1. The number of carbonyl (C=O) groups excluding carboxylic acids is 2. The number of amides is 1. The first-order valence-corrected chi connectivity index (χ1v) is 7.91. The maximum Gasteiger partial charge on any atom is 0.344 e. The zero-order valence-electron chi connectivity index (χ0n) is 14.2. The number of benzene rings is 1.